The molecule has 31 heavy (non-hydrogen) atoms. The van der Waals surface area contributed by atoms with Crippen molar-refractivity contribution in [1.82, 2.24) is 0 Å². The number of carbonyl (C=O) groups is 1. The minimum absolute atomic E-state index is 0.187. The van der Waals surface area contributed by atoms with E-state index in [-0.39, 0.29) is 6.79 Å². The van der Waals surface area contributed by atoms with Crippen LogP contribution in [-0.4, -0.2) is 43.3 Å². The van der Waals surface area contributed by atoms with Crippen molar-refractivity contribution >= 4 is 5.97 Å². The van der Waals surface area contributed by atoms with Crippen LogP contribution in [0.25, 0.3) is 0 Å². The van der Waals surface area contributed by atoms with Crippen molar-refractivity contribution in [2.24, 2.45) is 0 Å². The lowest BCUT2D eigenvalue weighted by molar-refractivity contribution is -0.134. The summed E-state index contributed by atoms with van der Waals surface area (Å²) in [5.41, 5.74) is 1.67. The van der Waals surface area contributed by atoms with Gasteiger partial charge >= 0.3 is 0 Å². The van der Waals surface area contributed by atoms with Crippen molar-refractivity contribution in [2.75, 3.05) is 21.0 Å². The zero-order valence-corrected chi connectivity index (χ0v) is 18.1. The van der Waals surface area contributed by atoms with Crippen molar-refractivity contribution in [2.45, 2.75) is 32.5 Å². The second kappa shape index (κ2) is 11.1. The molecule has 3 rings (SSSR count). The fraction of sp³-hybridized carbons (Fsp3) is 0.348. The fourth-order valence-corrected chi connectivity index (χ4v) is 2.95. The van der Waals surface area contributed by atoms with Crippen LogP contribution >= 0.6 is 0 Å². The molecule has 0 spiro atoms. The standard InChI is InChI=1S/C21H24O6.C2H4O2/c1-5-6-14-9-18(23-3)21(19(10-14)24-4)27-13(2)20(22)15-7-8-16-17(11-15)26-12-25-16;1-2(3)4/h5,7-11,13,20,22H,1,6,12H2,2-4H3;1H3,(H,3,4). The number of hydrogen-bond donors (Lipinski definition) is 2. The molecule has 0 aromatic heterocycles. The second-order valence-corrected chi connectivity index (χ2v) is 6.72. The third-order valence-corrected chi connectivity index (χ3v) is 4.39. The van der Waals surface area contributed by atoms with Gasteiger partial charge in [0.05, 0.1) is 14.2 Å². The molecule has 2 aromatic rings. The third-order valence-electron chi connectivity index (χ3n) is 4.39. The van der Waals surface area contributed by atoms with Gasteiger partial charge in [-0.1, -0.05) is 12.1 Å². The molecule has 2 aromatic carbocycles. The third kappa shape index (κ3) is 6.29. The lowest BCUT2D eigenvalue weighted by Gasteiger charge is -2.24. The van der Waals surface area contributed by atoms with Crippen LogP contribution in [0.5, 0.6) is 28.7 Å². The van der Waals surface area contributed by atoms with Crippen LogP contribution in [-0.2, 0) is 11.2 Å². The van der Waals surface area contributed by atoms with E-state index >= 15 is 0 Å². The summed E-state index contributed by atoms with van der Waals surface area (Å²) in [6.07, 6.45) is 1.06. The van der Waals surface area contributed by atoms with Gasteiger partial charge < -0.3 is 33.9 Å². The quantitative estimate of drug-likeness (QED) is 0.608. The lowest BCUT2D eigenvalue weighted by atomic mass is 10.0. The number of methoxy groups -OCH3 is 2. The summed E-state index contributed by atoms with van der Waals surface area (Å²) in [6.45, 7) is 6.81. The minimum Gasteiger partial charge on any atom is -0.493 e. The summed E-state index contributed by atoms with van der Waals surface area (Å²) in [7, 11) is 3.14. The van der Waals surface area contributed by atoms with E-state index in [2.05, 4.69) is 6.58 Å². The first-order valence-corrected chi connectivity index (χ1v) is 9.60. The van der Waals surface area contributed by atoms with Crippen LogP contribution < -0.4 is 23.7 Å². The number of carboxylic acid groups (broad SMARTS) is 1. The Labute approximate surface area is 181 Å². The number of aliphatic hydroxyl groups is 1. The largest absolute Gasteiger partial charge is 0.493 e. The highest BCUT2D eigenvalue weighted by Gasteiger charge is 2.24. The molecular formula is C23H28O8. The summed E-state index contributed by atoms with van der Waals surface area (Å²) < 4.78 is 27.6. The first-order valence-electron chi connectivity index (χ1n) is 9.60. The van der Waals surface area contributed by atoms with Gasteiger partial charge in [0.1, 0.15) is 12.2 Å². The van der Waals surface area contributed by atoms with Crippen LogP contribution in [0.15, 0.2) is 43.0 Å². The Bertz CT molecular complexity index is 879. The number of rotatable bonds is 8. The number of allylic oxidation sites excluding steroid dienone is 1. The van der Waals surface area contributed by atoms with Gasteiger partial charge in [0.2, 0.25) is 12.5 Å². The van der Waals surface area contributed by atoms with Gasteiger partial charge in [-0.25, -0.2) is 0 Å². The van der Waals surface area contributed by atoms with Crippen LogP contribution in [0.2, 0.25) is 0 Å². The van der Waals surface area contributed by atoms with E-state index in [9.17, 15) is 5.11 Å². The summed E-state index contributed by atoms with van der Waals surface area (Å²) >= 11 is 0. The van der Waals surface area contributed by atoms with E-state index in [0.29, 0.717) is 40.7 Å². The Hall–Kier alpha value is -3.39. The van der Waals surface area contributed by atoms with Crippen molar-refractivity contribution < 1.29 is 38.7 Å². The average Bonchev–Trinajstić information content (AvgIpc) is 3.21. The van der Waals surface area contributed by atoms with Crippen LogP contribution in [0.4, 0.5) is 0 Å². The monoisotopic (exact) mass is 432 g/mol. The lowest BCUT2D eigenvalue weighted by Crippen LogP contribution is -2.22. The van der Waals surface area contributed by atoms with Crippen LogP contribution in [0.3, 0.4) is 0 Å². The molecular weight excluding hydrogens is 404 g/mol. The van der Waals surface area contributed by atoms with Crippen molar-refractivity contribution in [3.8, 4) is 28.7 Å². The van der Waals surface area contributed by atoms with Gasteiger partial charge in [0.15, 0.2) is 23.0 Å². The van der Waals surface area contributed by atoms with Gasteiger partial charge in [-0.15, -0.1) is 6.58 Å². The summed E-state index contributed by atoms with van der Waals surface area (Å²) in [6, 6.07) is 9.07. The Morgan fingerprint density at radius 1 is 1.16 bits per heavy atom. The Kier molecular flexibility index (Phi) is 8.57. The Morgan fingerprint density at radius 2 is 1.74 bits per heavy atom. The highest BCUT2D eigenvalue weighted by molar-refractivity contribution is 5.63. The maximum absolute atomic E-state index is 10.7. The molecule has 0 saturated carbocycles. The van der Waals surface area contributed by atoms with E-state index in [1.807, 2.05) is 12.1 Å². The van der Waals surface area contributed by atoms with Crippen LogP contribution in [0, 0.1) is 0 Å². The number of aliphatic hydroxyl groups excluding tert-OH is 1. The van der Waals surface area contributed by atoms with E-state index in [4.69, 9.17) is 33.6 Å². The van der Waals surface area contributed by atoms with Crippen molar-refractivity contribution in [1.29, 1.82) is 0 Å². The normalized spacial score (nSPS) is 13.3. The summed E-state index contributed by atoms with van der Waals surface area (Å²) in [5, 5.41) is 18.1. The smallest absolute Gasteiger partial charge is 0.300 e. The average molecular weight is 432 g/mol. The predicted molar refractivity (Wildman–Crippen MR) is 114 cm³/mol. The van der Waals surface area contributed by atoms with Crippen LogP contribution in [0.1, 0.15) is 31.1 Å². The van der Waals surface area contributed by atoms with Gasteiger partial charge in [-0.3, -0.25) is 4.79 Å². The molecule has 0 aliphatic carbocycles. The second-order valence-electron chi connectivity index (χ2n) is 6.72. The van der Waals surface area contributed by atoms with Gasteiger partial charge in [0.25, 0.3) is 5.97 Å². The Morgan fingerprint density at radius 3 is 2.29 bits per heavy atom. The minimum atomic E-state index is -0.873. The molecule has 2 unspecified atom stereocenters. The first kappa shape index (κ1) is 23.9. The SMILES string of the molecule is C=CCc1cc(OC)c(OC(C)C(O)c2ccc3c(c2)OCO3)c(OC)c1.CC(=O)O. The highest BCUT2D eigenvalue weighted by atomic mass is 16.7. The van der Waals surface area contributed by atoms with Crippen molar-refractivity contribution in [3.05, 3.63) is 54.1 Å². The number of aliphatic carboxylic acids is 1. The molecule has 2 N–H and O–H groups in total. The van der Waals surface area contributed by atoms with Gasteiger partial charge in [-0.2, -0.15) is 0 Å². The van der Waals surface area contributed by atoms with E-state index in [1.165, 1.54) is 0 Å². The highest BCUT2D eigenvalue weighted by Crippen LogP contribution is 2.41. The maximum atomic E-state index is 10.7. The molecule has 2 atom stereocenters. The molecule has 0 bridgehead atoms. The zero-order chi connectivity index (χ0) is 23.0. The molecule has 168 valence electrons. The molecule has 0 fully saturated rings. The number of fused-ring (bicyclic) bond motifs is 1. The molecule has 0 saturated heterocycles. The number of carboxylic acids is 1. The molecule has 1 aliphatic rings. The van der Waals surface area contributed by atoms with Gasteiger partial charge in [0, 0.05) is 6.92 Å². The van der Waals surface area contributed by atoms with E-state index in [1.54, 1.807) is 45.4 Å². The molecule has 0 amide bonds. The van der Waals surface area contributed by atoms with Crippen molar-refractivity contribution in [3.63, 3.8) is 0 Å². The number of ether oxygens (including phenoxy) is 5. The first-order chi connectivity index (χ1) is 14.8. The van der Waals surface area contributed by atoms with E-state index < -0.39 is 18.2 Å². The molecule has 0 radical (unpaired) electrons. The van der Waals surface area contributed by atoms with Gasteiger partial charge in [-0.05, 0) is 48.7 Å². The number of benzene rings is 2. The zero-order valence-electron chi connectivity index (χ0n) is 18.1. The number of hydrogen-bond acceptors (Lipinski definition) is 7. The molecule has 8 nitrogen and oxygen atoms in total. The molecule has 8 heteroatoms. The maximum Gasteiger partial charge on any atom is 0.300 e. The van der Waals surface area contributed by atoms with E-state index in [0.717, 1.165) is 12.5 Å². The fourth-order valence-electron chi connectivity index (χ4n) is 2.95. The topological polar surface area (TPSA) is 104 Å². The summed E-state index contributed by atoms with van der Waals surface area (Å²) in [5.74, 6) is 1.97. The molecule has 1 heterocycles. The Balaban J connectivity index is 0.000000785. The summed E-state index contributed by atoms with van der Waals surface area (Å²) in [4.78, 5) is 9.00. The molecule has 1 aliphatic heterocycles. The predicted octanol–water partition coefficient (Wildman–Crippen LogP) is 3.75.